The zero-order valence-electron chi connectivity index (χ0n) is 16.7. The Labute approximate surface area is 187 Å². The van der Waals surface area contributed by atoms with Gasteiger partial charge < -0.3 is 10.2 Å². The Bertz CT molecular complexity index is 815. The van der Waals surface area contributed by atoms with E-state index in [1.807, 2.05) is 30.3 Å². The molecule has 0 spiro atoms. The van der Waals surface area contributed by atoms with E-state index >= 15 is 0 Å². The predicted octanol–water partition coefficient (Wildman–Crippen LogP) is 5.42. The molecule has 1 atom stereocenters. The van der Waals surface area contributed by atoms with Crippen molar-refractivity contribution in [1.82, 2.24) is 10.2 Å². The van der Waals surface area contributed by atoms with Crippen LogP contribution in [-0.2, 0) is 16.1 Å². The van der Waals surface area contributed by atoms with Gasteiger partial charge in [0.2, 0.25) is 11.8 Å². The van der Waals surface area contributed by atoms with E-state index in [0.717, 1.165) is 23.3 Å². The van der Waals surface area contributed by atoms with E-state index < -0.39 is 6.04 Å². The van der Waals surface area contributed by atoms with Crippen molar-refractivity contribution in [3.8, 4) is 0 Å². The van der Waals surface area contributed by atoms with Crippen LogP contribution in [0.3, 0.4) is 0 Å². The number of carbonyl (C=O) groups excluding carboxylic acids is 2. The number of hydrogen-bond donors (Lipinski definition) is 1. The fourth-order valence-electron chi connectivity index (χ4n) is 2.71. The molecule has 0 saturated carbocycles. The molecule has 0 unspecified atom stereocenters. The van der Waals surface area contributed by atoms with Crippen molar-refractivity contribution >= 4 is 46.8 Å². The Balaban J connectivity index is 2.10. The fourth-order valence-corrected chi connectivity index (χ4v) is 3.83. The first kappa shape index (κ1) is 23.6. The Morgan fingerprint density at radius 2 is 1.83 bits per heavy atom. The minimum atomic E-state index is -0.579. The lowest BCUT2D eigenvalue weighted by Crippen LogP contribution is -2.48. The summed E-state index contributed by atoms with van der Waals surface area (Å²) in [5.74, 6) is -0.0252. The molecule has 0 radical (unpaired) electrons. The van der Waals surface area contributed by atoms with Gasteiger partial charge in [0, 0.05) is 28.0 Å². The number of benzene rings is 2. The zero-order valence-corrected chi connectivity index (χ0v) is 19.0. The maximum Gasteiger partial charge on any atom is 0.242 e. The van der Waals surface area contributed by atoms with Gasteiger partial charge in [-0.15, -0.1) is 11.8 Å². The van der Waals surface area contributed by atoms with Gasteiger partial charge in [-0.1, -0.05) is 48.7 Å². The van der Waals surface area contributed by atoms with Crippen molar-refractivity contribution < 1.29 is 9.59 Å². The number of nitrogens with zero attached hydrogens (tertiary/aromatic N) is 1. The summed E-state index contributed by atoms with van der Waals surface area (Å²) < 4.78 is 0. The number of amides is 2. The Morgan fingerprint density at radius 1 is 1.10 bits per heavy atom. The lowest BCUT2D eigenvalue weighted by molar-refractivity contribution is -0.138. The third-order valence-corrected chi connectivity index (χ3v) is 5.90. The van der Waals surface area contributed by atoms with Gasteiger partial charge >= 0.3 is 0 Å². The monoisotopic (exact) mass is 452 g/mol. The van der Waals surface area contributed by atoms with Crippen LogP contribution in [0.1, 0.15) is 32.3 Å². The Morgan fingerprint density at radius 3 is 2.48 bits per heavy atom. The second-order valence-corrected chi connectivity index (χ2v) is 8.64. The molecule has 0 aliphatic carbocycles. The fraction of sp³-hybridized carbons (Fsp3) is 0.364. The van der Waals surface area contributed by atoms with E-state index in [9.17, 15) is 9.59 Å². The van der Waals surface area contributed by atoms with Crippen molar-refractivity contribution in [3.63, 3.8) is 0 Å². The topological polar surface area (TPSA) is 49.4 Å². The standard InChI is InChI=1S/C22H26Cl2N2O2S/c1-3-4-12-25-22(28)16(2)26(14-17-6-5-7-19(24)13-17)21(27)15-29-20-10-8-18(23)9-11-20/h5-11,13,16H,3-4,12,14-15H2,1-2H3,(H,25,28)/t16-/m1/s1. The van der Waals surface area contributed by atoms with Gasteiger partial charge in [0.25, 0.3) is 0 Å². The van der Waals surface area contributed by atoms with Crippen LogP contribution >= 0.6 is 35.0 Å². The lowest BCUT2D eigenvalue weighted by Gasteiger charge is -2.29. The number of hydrogen-bond acceptors (Lipinski definition) is 3. The molecule has 0 aliphatic heterocycles. The maximum absolute atomic E-state index is 13.0. The SMILES string of the molecule is CCCCNC(=O)[C@@H](C)N(Cc1cccc(Cl)c1)C(=O)CSc1ccc(Cl)cc1. The number of carbonyl (C=O) groups is 2. The molecule has 1 N–H and O–H groups in total. The molecule has 2 amide bonds. The molecule has 0 bridgehead atoms. The van der Waals surface area contributed by atoms with E-state index in [2.05, 4.69) is 12.2 Å². The summed E-state index contributed by atoms with van der Waals surface area (Å²) in [5, 5.41) is 4.17. The number of thioether (sulfide) groups is 1. The number of halogens is 2. The first-order chi connectivity index (χ1) is 13.9. The molecule has 156 valence electrons. The van der Waals surface area contributed by atoms with Crippen molar-refractivity contribution in [1.29, 1.82) is 0 Å². The van der Waals surface area contributed by atoms with Crippen molar-refractivity contribution in [2.75, 3.05) is 12.3 Å². The summed E-state index contributed by atoms with van der Waals surface area (Å²) in [6.45, 7) is 4.76. The first-order valence-electron chi connectivity index (χ1n) is 9.60. The van der Waals surface area contributed by atoms with Gasteiger partial charge in [0.15, 0.2) is 0 Å². The molecular formula is C22H26Cl2N2O2S. The van der Waals surface area contributed by atoms with Crippen LogP contribution in [0.15, 0.2) is 53.4 Å². The number of rotatable bonds is 10. The van der Waals surface area contributed by atoms with E-state index in [1.165, 1.54) is 11.8 Å². The summed E-state index contributed by atoms with van der Waals surface area (Å²) in [5.41, 5.74) is 0.885. The van der Waals surface area contributed by atoms with Gasteiger partial charge in [-0.25, -0.2) is 0 Å². The number of nitrogens with one attached hydrogen (secondary N) is 1. The van der Waals surface area contributed by atoms with Crippen molar-refractivity contribution in [2.45, 2.75) is 44.2 Å². The maximum atomic E-state index is 13.0. The summed E-state index contributed by atoms with van der Waals surface area (Å²) in [6, 6.07) is 14.1. The molecule has 29 heavy (non-hydrogen) atoms. The average Bonchev–Trinajstić information content (AvgIpc) is 2.71. The molecule has 0 aliphatic rings. The summed E-state index contributed by atoms with van der Waals surface area (Å²) in [4.78, 5) is 28.2. The van der Waals surface area contributed by atoms with Gasteiger partial charge in [-0.05, 0) is 55.3 Å². The van der Waals surface area contributed by atoms with Gasteiger partial charge in [0.05, 0.1) is 5.75 Å². The second-order valence-electron chi connectivity index (χ2n) is 6.71. The minimum absolute atomic E-state index is 0.108. The minimum Gasteiger partial charge on any atom is -0.354 e. The predicted molar refractivity (Wildman–Crippen MR) is 122 cm³/mol. The van der Waals surface area contributed by atoms with E-state index in [4.69, 9.17) is 23.2 Å². The summed E-state index contributed by atoms with van der Waals surface area (Å²) >= 11 is 13.4. The number of unbranched alkanes of at least 4 members (excludes halogenated alkanes) is 1. The third-order valence-electron chi connectivity index (χ3n) is 4.41. The molecule has 2 aromatic rings. The Hall–Kier alpha value is -1.69. The molecule has 0 saturated heterocycles. The molecule has 0 fully saturated rings. The lowest BCUT2D eigenvalue weighted by atomic mass is 10.1. The summed E-state index contributed by atoms with van der Waals surface area (Å²) in [6.07, 6.45) is 1.91. The normalized spacial score (nSPS) is 11.7. The van der Waals surface area contributed by atoms with Crippen LogP contribution in [0.4, 0.5) is 0 Å². The molecule has 0 aromatic heterocycles. The summed E-state index contributed by atoms with van der Waals surface area (Å²) in [7, 11) is 0. The van der Waals surface area contributed by atoms with Gasteiger partial charge in [-0.2, -0.15) is 0 Å². The van der Waals surface area contributed by atoms with Crippen molar-refractivity contribution in [2.24, 2.45) is 0 Å². The highest BCUT2D eigenvalue weighted by Gasteiger charge is 2.26. The average molecular weight is 453 g/mol. The van der Waals surface area contributed by atoms with Crippen LogP contribution in [0.2, 0.25) is 10.0 Å². The molecule has 4 nitrogen and oxygen atoms in total. The highest BCUT2D eigenvalue weighted by Crippen LogP contribution is 2.22. The highest BCUT2D eigenvalue weighted by molar-refractivity contribution is 8.00. The molecule has 7 heteroatoms. The Kier molecular flexibility index (Phi) is 9.85. The molecular weight excluding hydrogens is 427 g/mol. The van der Waals surface area contributed by atoms with Crippen LogP contribution < -0.4 is 5.32 Å². The molecule has 2 rings (SSSR count). The van der Waals surface area contributed by atoms with Gasteiger partial charge in [0.1, 0.15) is 6.04 Å². The van der Waals surface area contributed by atoms with Gasteiger partial charge in [-0.3, -0.25) is 9.59 Å². The largest absolute Gasteiger partial charge is 0.354 e. The first-order valence-corrected chi connectivity index (χ1v) is 11.3. The molecule has 2 aromatic carbocycles. The third kappa shape index (κ3) is 7.92. The van der Waals surface area contributed by atoms with E-state index in [0.29, 0.717) is 23.1 Å². The van der Waals surface area contributed by atoms with Crippen LogP contribution in [0.5, 0.6) is 0 Å². The van der Waals surface area contributed by atoms with E-state index in [1.54, 1.807) is 30.0 Å². The molecule has 0 heterocycles. The van der Waals surface area contributed by atoms with Crippen LogP contribution in [-0.4, -0.2) is 35.1 Å². The smallest absolute Gasteiger partial charge is 0.242 e. The van der Waals surface area contributed by atoms with Crippen LogP contribution in [0.25, 0.3) is 0 Å². The van der Waals surface area contributed by atoms with Crippen molar-refractivity contribution in [3.05, 3.63) is 64.1 Å². The quantitative estimate of drug-likeness (QED) is 0.386. The van der Waals surface area contributed by atoms with E-state index in [-0.39, 0.29) is 17.6 Å². The van der Waals surface area contributed by atoms with Crippen LogP contribution in [0, 0.1) is 0 Å². The second kappa shape index (κ2) is 12.1. The zero-order chi connectivity index (χ0) is 21.2. The highest BCUT2D eigenvalue weighted by atomic mass is 35.5.